The topological polar surface area (TPSA) is 24.1 Å². The highest BCUT2D eigenvalue weighted by Crippen LogP contribution is 2.25. The van der Waals surface area contributed by atoms with E-state index in [1.807, 2.05) is 12.1 Å². The Hall–Kier alpha value is -0.730. The van der Waals surface area contributed by atoms with Crippen LogP contribution in [0.2, 0.25) is 5.02 Å². The Kier molecular flexibility index (Phi) is 2.66. The van der Waals surface area contributed by atoms with E-state index in [2.05, 4.69) is 24.5 Å². The Labute approximate surface area is 89.7 Å². The van der Waals surface area contributed by atoms with Crippen molar-refractivity contribution in [1.29, 1.82) is 0 Å². The van der Waals surface area contributed by atoms with Gasteiger partial charge in [-0.15, -0.1) is 0 Å². The molecule has 2 nitrogen and oxygen atoms in total. The van der Waals surface area contributed by atoms with Gasteiger partial charge in [-0.3, -0.25) is 0 Å². The number of benzene rings is 1. The van der Waals surface area contributed by atoms with Crippen molar-refractivity contribution >= 4 is 17.3 Å². The van der Waals surface area contributed by atoms with Crippen LogP contribution >= 0.6 is 11.6 Å². The summed E-state index contributed by atoms with van der Waals surface area (Å²) in [6, 6.07) is 4.58. The summed E-state index contributed by atoms with van der Waals surface area (Å²) in [5.74, 6) is 0. The molecular weight excluding hydrogens is 196 g/mol. The summed E-state index contributed by atoms with van der Waals surface area (Å²) in [4.78, 5) is 0. The quantitative estimate of drug-likeness (QED) is 0.783. The molecular formula is C11H15ClN2. The van der Waals surface area contributed by atoms with Gasteiger partial charge in [0.25, 0.3) is 0 Å². The second-order valence-electron chi connectivity index (χ2n) is 3.91. The van der Waals surface area contributed by atoms with Gasteiger partial charge in [-0.2, -0.15) is 0 Å². The molecule has 1 aliphatic rings. The lowest BCUT2D eigenvalue weighted by Gasteiger charge is -2.30. The van der Waals surface area contributed by atoms with Gasteiger partial charge in [0.1, 0.15) is 0 Å². The number of aryl methyl sites for hydroxylation is 2. The molecule has 0 spiro atoms. The summed E-state index contributed by atoms with van der Waals surface area (Å²) in [5, 5.41) is 7.58. The zero-order chi connectivity index (χ0) is 10.1. The van der Waals surface area contributed by atoms with Crippen molar-refractivity contribution in [2.24, 2.45) is 0 Å². The molecule has 1 heterocycles. The summed E-state index contributed by atoms with van der Waals surface area (Å²) in [6.07, 6.45) is 0. The van der Waals surface area contributed by atoms with Gasteiger partial charge in [0.2, 0.25) is 0 Å². The Morgan fingerprint density at radius 2 is 1.86 bits per heavy atom. The number of nitrogens with one attached hydrogen (secondary N) is 2. The Balaban J connectivity index is 2.22. The summed E-state index contributed by atoms with van der Waals surface area (Å²) in [7, 11) is 0. The third kappa shape index (κ3) is 1.86. The molecule has 1 fully saturated rings. The molecule has 2 rings (SSSR count). The summed E-state index contributed by atoms with van der Waals surface area (Å²) < 4.78 is 0. The van der Waals surface area contributed by atoms with E-state index in [0.717, 1.165) is 18.1 Å². The van der Waals surface area contributed by atoms with E-state index in [1.54, 1.807) is 0 Å². The predicted molar refractivity (Wildman–Crippen MR) is 61.2 cm³/mol. The molecule has 14 heavy (non-hydrogen) atoms. The smallest absolute Gasteiger partial charge is 0.0510 e. The Bertz CT molecular complexity index is 322. The molecule has 1 saturated heterocycles. The number of halogens is 1. The first-order valence-electron chi connectivity index (χ1n) is 4.91. The molecule has 2 N–H and O–H groups in total. The molecule has 0 aliphatic carbocycles. The maximum Gasteiger partial charge on any atom is 0.0510 e. The zero-order valence-electron chi connectivity index (χ0n) is 8.52. The minimum Gasteiger partial charge on any atom is -0.379 e. The molecule has 0 atom stereocenters. The van der Waals surface area contributed by atoms with Crippen molar-refractivity contribution in [3.05, 3.63) is 28.3 Å². The standard InChI is InChI=1S/C11H15ClN2/c1-7-3-9(12)4-8(2)11(7)14-10-5-13-6-10/h3-4,10,13-14H,5-6H2,1-2H3. The van der Waals surface area contributed by atoms with E-state index in [4.69, 9.17) is 11.6 Å². The van der Waals surface area contributed by atoms with E-state index < -0.39 is 0 Å². The van der Waals surface area contributed by atoms with E-state index in [1.165, 1.54) is 16.8 Å². The average Bonchev–Trinajstić information content (AvgIpc) is 1.98. The molecule has 1 aliphatic heterocycles. The van der Waals surface area contributed by atoms with Gasteiger partial charge in [0.05, 0.1) is 6.04 Å². The number of hydrogen-bond donors (Lipinski definition) is 2. The van der Waals surface area contributed by atoms with Crippen LogP contribution in [0.25, 0.3) is 0 Å². The summed E-state index contributed by atoms with van der Waals surface area (Å²) >= 11 is 5.97. The molecule has 0 bridgehead atoms. The number of rotatable bonds is 2. The molecule has 0 aromatic heterocycles. The summed E-state index contributed by atoms with van der Waals surface area (Å²) in [5.41, 5.74) is 3.68. The summed E-state index contributed by atoms with van der Waals surface area (Å²) in [6.45, 7) is 6.30. The van der Waals surface area contributed by atoms with Crippen LogP contribution in [-0.4, -0.2) is 19.1 Å². The van der Waals surface area contributed by atoms with Gasteiger partial charge >= 0.3 is 0 Å². The van der Waals surface area contributed by atoms with Gasteiger partial charge in [-0.1, -0.05) is 11.6 Å². The van der Waals surface area contributed by atoms with Crippen molar-refractivity contribution in [3.8, 4) is 0 Å². The lowest BCUT2D eigenvalue weighted by Crippen LogP contribution is -2.51. The largest absolute Gasteiger partial charge is 0.379 e. The van der Waals surface area contributed by atoms with Crippen LogP contribution in [0.3, 0.4) is 0 Å². The average molecular weight is 211 g/mol. The second kappa shape index (κ2) is 3.79. The van der Waals surface area contributed by atoms with E-state index in [9.17, 15) is 0 Å². The third-order valence-corrected chi connectivity index (χ3v) is 2.85. The third-order valence-electron chi connectivity index (χ3n) is 2.63. The lowest BCUT2D eigenvalue weighted by atomic mass is 10.1. The van der Waals surface area contributed by atoms with Crippen molar-refractivity contribution < 1.29 is 0 Å². The number of anilines is 1. The van der Waals surface area contributed by atoms with Crippen LogP contribution in [0.15, 0.2) is 12.1 Å². The first-order chi connectivity index (χ1) is 6.66. The highest BCUT2D eigenvalue weighted by Gasteiger charge is 2.17. The minimum absolute atomic E-state index is 0.577. The van der Waals surface area contributed by atoms with Crippen molar-refractivity contribution in [2.45, 2.75) is 19.9 Å². The van der Waals surface area contributed by atoms with Crippen molar-refractivity contribution in [1.82, 2.24) is 5.32 Å². The number of hydrogen-bond acceptors (Lipinski definition) is 2. The lowest BCUT2D eigenvalue weighted by molar-refractivity contribution is 0.472. The van der Waals surface area contributed by atoms with Crippen LogP contribution in [0.4, 0.5) is 5.69 Å². The van der Waals surface area contributed by atoms with Gasteiger partial charge in [-0.05, 0) is 37.1 Å². The highest BCUT2D eigenvalue weighted by atomic mass is 35.5. The highest BCUT2D eigenvalue weighted by molar-refractivity contribution is 6.30. The Morgan fingerprint density at radius 3 is 2.29 bits per heavy atom. The molecule has 1 aromatic rings. The van der Waals surface area contributed by atoms with Crippen LogP contribution in [0.5, 0.6) is 0 Å². The first kappa shape index (κ1) is 9.81. The monoisotopic (exact) mass is 210 g/mol. The van der Waals surface area contributed by atoms with Crippen LogP contribution in [-0.2, 0) is 0 Å². The molecule has 1 aromatic carbocycles. The van der Waals surface area contributed by atoms with Gasteiger partial charge < -0.3 is 10.6 Å². The molecule has 0 saturated carbocycles. The fraction of sp³-hybridized carbons (Fsp3) is 0.455. The van der Waals surface area contributed by atoms with Gasteiger partial charge in [0.15, 0.2) is 0 Å². The minimum atomic E-state index is 0.577. The van der Waals surface area contributed by atoms with Gasteiger partial charge in [0, 0.05) is 23.8 Å². The van der Waals surface area contributed by atoms with Crippen molar-refractivity contribution in [3.63, 3.8) is 0 Å². The molecule has 0 unspecified atom stereocenters. The molecule has 3 heteroatoms. The molecule has 0 radical (unpaired) electrons. The SMILES string of the molecule is Cc1cc(Cl)cc(C)c1NC1CNC1. The van der Waals surface area contributed by atoms with Crippen LogP contribution < -0.4 is 10.6 Å². The van der Waals surface area contributed by atoms with E-state index in [-0.39, 0.29) is 0 Å². The second-order valence-corrected chi connectivity index (χ2v) is 4.35. The fourth-order valence-electron chi connectivity index (χ4n) is 1.73. The van der Waals surface area contributed by atoms with Crippen molar-refractivity contribution in [2.75, 3.05) is 18.4 Å². The fourth-order valence-corrected chi connectivity index (χ4v) is 2.06. The molecule has 0 amide bonds. The van der Waals surface area contributed by atoms with Crippen LogP contribution in [0, 0.1) is 13.8 Å². The van der Waals surface area contributed by atoms with Crippen LogP contribution in [0.1, 0.15) is 11.1 Å². The Morgan fingerprint density at radius 1 is 1.29 bits per heavy atom. The maximum atomic E-state index is 5.97. The van der Waals surface area contributed by atoms with Gasteiger partial charge in [-0.25, -0.2) is 0 Å². The normalized spacial score (nSPS) is 16.5. The first-order valence-corrected chi connectivity index (χ1v) is 5.28. The maximum absolute atomic E-state index is 5.97. The van der Waals surface area contributed by atoms with E-state index in [0.29, 0.717) is 6.04 Å². The van der Waals surface area contributed by atoms with E-state index >= 15 is 0 Å². The predicted octanol–water partition coefficient (Wildman–Crippen LogP) is 2.34. The zero-order valence-corrected chi connectivity index (χ0v) is 9.28. The molecule has 76 valence electrons.